The molecule has 0 aliphatic heterocycles. The average Bonchev–Trinajstić information content (AvgIpc) is 2.84. The van der Waals surface area contributed by atoms with Gasteiger partial charge in [0, 0.05) is 19.2 Å². The Morgan fingerprint density at radius 2 is 1.16 bits per heavy atom. The van der Waals surface area contributed by atoms with Gasteiger partial charge in [0.15, 0.2) is 0 Å². The number of hydrogen-bond donors (Lipinski definition) is 0. The number of likely N-dealkylation sites (N-methyl/N-ethyl adjacent to an activating group) is 1. The molecule has 0 bridgehead atoms. The molecular weight excluding hydrogens is 390 g/mol. The third-order valence-electron chi connectivity index (χ3n) is 5.88. The van der Waals surface area contributed by atoms with Crippen molar-refractivity contribution in [3.05, 3.63) is 113 Å². The number of amides is 1. The lowest BCUT2D eigenvalue weighted by atomic mass is 9.87. The van der Waals surface area contributed by atoms with Crippen LogP contribution in [0.2, 0.25) is 0 Å². The van der Waals surface area contributed by atoms with Crippen molar-refractivity contribution in [3.63, 3.8) is 0 Å². The molecule has 32 heavy (non-hydrogen) atoms. The Morgan fingerprint density at radius 1 is 0.688 bits per heavy atom. The van der Waals surface area contributed by atoms with Gasteiger partial charge in [0.25, 0.3) is 0 Å². The van der Waals surface area contributed by atoms with Crippen LogP contribution in [0.15, 0.2) is 91.0 Å². The lowest BCUT2D eigenvalue weighted by molar-refractivity contribution is -0.125. The second-order valence-electron chi connectivity index (χ2n) is 7.85. The van der Waals surface area contributed by atoms with E-state index in [1.165, 1.54) is 27.8 Å². The quantitative estimate of drug-likeness (QED) is 0.274. The molecule has 3 rings (SSSR count). The van der Waals surface area contributed by atoms with Crippen LogP contribution in [0, 0.1) is 0 Å². The highest BCUT2D eigenvalue weighted by Crippen LogP contribution is 2.34. The number of carbonyl (C=O) groups excluding carboxylic acids is 1. The number of benzene rings is 3. The van der Waals surface area contributed by atoms with Gasteiger partial charge < -0.3 is 4.90 Å². The topological polar surface area (TPSA) is 20.3 Å². The molecule has 2 heteroatoms. The third-order valence-corrected chi connectivity index (χ3v) is 5.88. The van der Waals surface area contributed by atoms with Gasteiger partial charge in [0.1, 0.15) is 0 Å². The Kier molecular flexibility index (Phi) is 8.21. The zero-order valence-corrected chi connectivity index (χ0v) is 19.6. The molecule has 0 spiro atoms. The number of allylic oxidation sites excluding steroid dienone is 2. The van der Waals surface area contributed by atoms with Crippen molar-refractivity contribution < 1.29 is 4.79 Å². The Labute approximate surface area is 192 Å². The predicted octanol–water partition coefficient (Wildman–Crippen LogP) is 7.33. The van der Waals surface area contributed by atoms with Crippen molar-refractivity contribution in [1.82, 2.24) is 4.90 Å². The van der Waals surface area contributed by atoms with Gasteiger partial charge in [-0.25, -0.2) is 0 Å². The Hall–Kier alpha value is -3.39. The van der Waals surface area contributed by atoms with Gasteiger partial charge in [-0.1, -0.05) is 91.9 Å². The van der Waals surface area contributed by atoms with Crippen molar-refractivity contribution in [1.29, 1.82) is 0 Å². The smallest absolute Gasteiger partial charge is 0.246 e. The van der Waals surface area contributed by atoms with Crippen LogP contribution in [0.1, 0.15) is 56.4 Å². The van der Waals surface area contributed by atoms with Crippen molar-refractivity contribution in [2.45, 2.75) is 34.1 Å². The van der Waals surface area contributed by atoms with Gasteiger partial charge in [-0.15, -0.1) is 0 Å². The maximum atomic E-state index is 12.5. The molecule has 3 aromatic rings. The highest BCUT2D eigenvalue weighted by atomic mass is 16.2. The minimum absolute atomic E-state index is 0.0683. The standard InChI is InChI=1S/C30H33NO/c1-5-28(25-14-10-8-11-15-25)30(26-16-12-9-13-17-26)27-20-18-24(19-21-27)23(4)22-29(32)31(6-2)7-3/h8-22H,5-7H2,1-4H3/b23-22+,30-28?. The van der Waals surface area contributed by atoms with E-state index in [0.717, 1.165) is 30.6 Å². The van der Waals surface area contributed by atoms with E-state index in [-0.39, 0.29) is 5.91 Å². The van der Waals surface area contributed by atoms with Crippen LogP contribution < -0.4 is 0 Å². The van der Waals surface area contributed by atoms with Gasteiger partial charge in [0.2, 0.25) is 5.91 Å². The fraction of sp³-hybridized carbons (Fsp3) is 0.233. The first-order chi connectivity index (χ1) is 15.6. The molecule has 3 aromatic carbocycles. The molecule has 0 aromatic heterocycles. The molecule has 1 amide bonds. The molecule has 2 nitrogen and oxygen atoms in total. The summed E-state index contributed by atoms with van der Waals surface area (Å²) in [5.74, 6) is 0.0683. The molecular formula is C30H33NO. The Morgan fingerprint density at radius 3 is 1.66 bits per heavy atom. The monoisotopic (exact) mass is 423 g/mol. The van der Waals surface area contributed by atoms with Crippen LogP contribution in [-0.2, 0) is 4.79 Å². The van der Waals surface area contributed by atoms with Crippen molar-refractivity contribution >= 4 is 22.6 Å². The molecule has 0 aliphatic rings. The zero-order chi connectivity index (χ0) is 22.9. The van der Waals surface area contributed by atoms with E-state index in [2.05, 4.69) is 91.9 Å². The van der Waals surface area contributed by atoms with E-state index in [9.17, 15) is 4.79 Å². The highest BCUT2D eigenvalue weighted by molar-refractivity contribution is 5.99. The average molecular weight is 424 g/mol. The summed E-state index contributed by atoms with van der Waals surface area (Å²) in [5, 5.41) is 0. The van der Waals surface area contributed by atoms with Crippen LogP contribution in [0.5, 0.6) is 0 Å². The van der Waals surface area contributed by atoms with Crippen LogP contribution in [0.4, 0.5) is 0 Å². The summed E-state index contributed by atoms with van der Waals surface area (Å²) >= 11 is 0. The second kappa shape index (κ2) is 11.3. The molecule has 0 saturated carbocycles. The molecule has 0 unspecified atom stereocenters. The molecule has 0 aliphatic carbocycles. The summed E-state index contributed by atoms with van der Waals surface area (Å²) in [6.45, 7) is 9.69. The SMILES string of the molecule is CCC(=C(c1ccccc1)c1ccc(/C(C)=C/C(=O)N(CC)CC)cc1)c1ccccc1. The van der Waals surface area contributed by atoms with E-state index in [1.807, 2.05) is 25.7 Å². The van der Waals surface area contributed by atoms with Gasteiger partial charge in [-0.2, -0.15) is 0 Å². The summed E-state index contributed by atoms with van der Waals surface area (Å²) in [7, 11) is 0. The number of nitrogens with zero attached hydrogens (tertiary/aromatic N) is 1. The molecule has 0 fully saturated rings. The molecule has 0 heterocycles. The first-order valence-corrected chi connectivity index (χ1v) is 11.5. The van der Waals surface area contributed by atoms with Gasteiger partial charge in [-0.3, -0.25) is 4.79 Å². The summed E-state index contributed by atoms with van der Waals surface area (Å²) < 4.78 is 0. The van der Waals surface area contributed by atoms with Crippen LogP contribution in [-0.4, -0.2) is 23.9 Å². The molecule has 0 N–H and O–H groups in total. The van der Waals surface area contributed by atoms with E-state index in [1.54, 1.807) is 6.08 Å². The van der Waals surface area contributed by atoms with Crippen molar-refractivity contribution in [2.24, 2.45) is 0 Å². The highest BCUT2D eigenvalue weighted by Gasteiger charge is 2.13. The maximum absolute atomic E-state index is 12.5. The number of rotatable bonds is 8. The predicted molar refractivity (Wildman–Crippen MR) is 137 cm³/mol. The molecule has 164 valence electrons. The summed E-state index contributed by atoms with van der Waals surface area (Å²) in [4.78, 5) is 14.3. The van der Waals surface area contributed by atoms with Crippen LogP contribution >= 0.6 is 0 Å². The van der Waals surface area contributed by atoms with E-state index in [4.69, 9.17) is 0 Å². The fourth-order valence-electron chi connectivity index (χ4n) is 4.08. The normalized spacial score (nSPS) is 12.3. The number of carbonyl (C=O) groups is 1. The van der Waals surface area contributed by atoms with E-state index in [0.29, 0.717) is 0 Å². The number of hydrogen-bond acceptors (Lipinski definition) is 1. The maximum Gasteiger partial charge on any atom is 0.246 e. The Bertz CT molecular complexity index is 1070. The van der Waals surface area contributed by atoms with Crippen molar-refractivity contribution in [3.8, 4) is 0 Å². The largest absolute Gasteiger partial charge is 0.340 e. The van der Waals surface area contributed by atoms with Crippen LogP contribution in [0.25, 0.3) is 16.7 Å². The molecule has 0 saturated heterocycles. The minimum Gasteiger partial charge on any atom is -0.340 e. The summed E-state index contributed by atoms with van der Waals surface area (Å²) in [6, 6.07) is 29.8. The molecule has 0 radical (unpaired) electrons. The van der Waals surface area contributed by atoms with Gasteiger partial charge >= 0.3 is 0 Å². The summed E-state index contributed by atoms with van der Waals surface area (Å²) in [6.07, 6.45) is 2.69. The second-order valence-corrected chi connectivity index (χ2v) is 7.85. The first-order valence-electron chi connectivity index (χ1n) is 11.5. The molecule has 0 atom stereocenters. The van der Waals surface area contributed by atoms with E-state index < -0.39 is 0 Å². The minimum atomic E-state index is 0.0683. The Balaban J connectivity index is 2.04. The zero-order valence-electron chi connectivity index (χ0n) is 19.6. The van der Waals surface area contributed by atoms with Gasteiger partial charge in [0.05, 0.1) is 0 Å². The lowest BCUT2D eigenvalue weighted by Gasteiger charge is -2.18. The third kappa shape index (κ3) is 5.45. The van der Waals surface area contributed by atoms with E-state index >= 15 is 0 Å². The van der Waals surface area contributed by atoms with Gasteiger partial charge in [-0.05, 0) is 66.2 Å². The van der Waals surface area contributed by atoms with Crippen LogP contribution in [0.3, 0.4) is 0 Å². The summed E-state index contributed by atoms with van der Waals surface area (Å²) in [5.41, 5.74) is 8.28. The fourth-order valence-corrected chi connectivity index (χ4v) is 4.08. The lowest BCUT2D eigenvalue weighted by Crippen LogP contribution is -2.28. The first kappa shape index (κ1) is 23.3. The van der Waals surface area contributed by atoms with Crippen molar-refractivity contribution in [2.75, 3.05) is 13.1 Å².